The molecule has 1 aliphatic heterocycles. The number of aryl methyl sites for hydroxylation is 2. The fraction of sp³-hybridized carbons (Fsp3) is 0.150. The third-order valence-electron chi connectivity index (χ3n) is 5.06. The fourth-order valence-electron chi connectivity index (χ4n) is 3.70. The molecular weight excluding hydrogens is 442 g/mol. The lowest BCUT2D eigenvalue weighted by Crippen LogP contribution is -2.29. The molecule has 0 bridgehead atoms. The Bertz CT molecular complexity index is 1420. The molecule has 1 aliphatic rings. The van der Waals surface area contributed by atoms with Crippen molar-refractivity contribution in [3.05, 3.63) is 65.7 Å². The zero-order chi connectivity index (χ0) is 22.4. The number of carbonyl (C=O) groups is 1. The van der Waals surface area contributed by atoms with E-state index in [9.17, 15) is 26.7 Å². The monoisotopic (exact) mass is 461 g/mol. The number of hydrogen-bond acceptors (Lipinski definition) is 6. The molecule has 0 aliphatic carbocycles. The van der Waals surface area contributed by atoms with Gasteiger partial charge in [0.1, 0.15) is 12.3 Å². The molecule has 0 radical (unpaired) electrons. The first-order valence-corrected chi connectivity index (χ1v) is 12.2. The van der Waals surface area contributed by atoms with Gasteiger partial charge in [-0.05, 0) is 41.5 Å². The Labute approximate surface area is 179 Å². The summed E-state index contributed by atoms with van der Waals surface area (Å²) in [5, 5.41) is 17.1. The van der Waals surface area contributed by atoms with Gasteiger partial charge < -0.3 is 5.11 Å². The lowest BCUT2D eigenvalue weighted by molar-refractivity contribution is -0.117. The van der Waals surface area contributed by atoms with Crippen LogP contribution in [-0.2, 0) is 37.9 Å². The second-order valence-electron chi connectivity index (χ2n) is 7.18. The Balaban J connectivity index is 1.63. The average molecular weight is 462 g/mol. The highest BCUT2D eigenvalue weighted by Crippen LogP contribution is 2.32. The summed E-state index contributed by atoms with van der Waals surface area (Å²) in [6.45, 7) is -0.413. The van der Waals surface area contributed by atoms with E-state index in [-0.39, 0.29) is 16.3 Å². The molecule has 11 heteroatoms. The standard InChI is InChI=1S/C20H19N3O6S2/c21-30(26,27)20-15(9-8-14-3-1-2-4-16(14)20)7-5-13-6-10-17(18(24)11-13)23-12-19(25)22-31(23,28)29/h1-4,6,8-11,24H,5,7,12H2,(H,22,25)(H2,21,26,27). The molecule has 0 spiro atoms. The largest absolute Gasteiger partial charge is 0.506 e. The van der Waals surface area contributed by atoms with Gasteiger partial charge in [0.25, 0.3) is 5.91 Å². The summed E-state index contributed by atoms with van der Waals surface area (Å²) in [6, 6.07) is 15.0. The van der Waals surface area contributed by atoms with Crippen LogP contribution in [0.4, 0.5) is 5.69 Å². The summed E-state index contributed by atoms with van der Waals surface area (Å²) < 4.78 is 51.1. The second-order valence-corrected chi connectivity index (χ2v) is 10.3. The quantitative estimate of drug-likeness (QED) is 0.519. The van der Waals surface area contributed by atoms with Gasteiger partial charge in [-0.25, -0.2) is 22.6 Å². The number of benzene rings is 3. The minimum absolute atomic E-state index is 0.0157. The average Bonchev–Trinajstić information content (AvgIpc) is 2.96. The number of primary sulfonamides is 1. The smallest absolute Gasteiger partial charge is 0.326 e. The van der Waals surface area contributed by atoms with Crippen molar-refractivity contribution in [1.29, 1.82) is 0 Å². The molecule has 1 fully saturated rings. The molecule has 0 saturated carbocycles. The Morgan fingerprint density at radius 1 is 1.06 bits per heavy atom. The molecule has 3 aromatic carbocycles. The van der Waals surface area contributed by atoms with Gasteiger partial charge in [-0.15, -0.1) is 0 Å². The summed E-state index contributed by atoms with van der Waals surface area (Å²) >= 11 is 0. The second kappa shape index (κ2) is 7.52. The Hall–Kier alpha value is -3.15. The SMILES string of the molecule is NS(=O)(=O)c1c(CCc2ccc(N3CC(=O)NS3(=O)=O)c(O)c2)ccc2ccccc12. The van der Waals surface area contributed by atoms with Crippen LogP contribution in [0.15, 0.2) is 59.5 Å². The number of hydrogen-bond donors (Lipinski definition) is 3. The van der Waals surface area contributed by atoms with E-state index in [2.05, 4.69) is 0 Å². The van der Waals surface area contributed by atoms with Crippen LogP contribution in [0.1, 0.15) is 11.1 Å². The Kier molecular flexibility index (Phi) is 5.12. The van der Waals surface area contributed by atoms with E-state index in [1.165, 1.54) is 12.1 Å². The van der Waals surface area contributed by atoms with Gasteiger partial charge in [0, 0.05) is 5.39 Å². The molecule has 31 heavy (non-hydrogen) atoms. The summed E-state index contributed by atoms with van der Waals surface area (Å²) in [5.74, 6) is -0.988. The van der Waals surface area contributed by atoms with Crippen molar-refractivity contribution in [2.24, 2.45) is 5.14 Å². The summed E-state index contributed by atoms with van der Waals surface area (Å²) in [5.41, 5.74) is 1.19. The van der Waals surface area contributed by atoms with Crippen molar-refractivity contribution in [3.63, 3.8) is 0 Å². The first-order chi connectivity index (χ1) is 14.6. The Morgan fingerprint density at radius 2 is 1.81 bits per heavy atom. The third kappa shape index (κ3) is 4.07. The minimum atomic E-state index is -4.03. The number of rotatable bonds is 5. The molecule has 3 aromatic rings. The molecule has 9 nitrogen and oxygen atoms in total. The number of nitrogens with one attached hydrogen (secondary N) is 1. The number of phenols is 1. The maximum atomic E-state index is 12.3. The van der Waals surface area contributed by atoms with E-state index in [0.29, 0.717) is 29.4 Å². The molecular formula is C20H19N3O6S2. The van der Waals surface area contributed by atoms with Gasteiger partial charge in [0.15, 0.2) is 0 Å². The zero-order valence-corrected chi connectivity index (χ0v) is 17.8. The van der Waals surface area contributed by atoms with Crippen LogP contribution in [0.25, 0.3) is 10.8 Å². The van der Waals surface area contributed by atoms with Crippen LogP contribution in [0.3, 0.4) is 0 Å². The molecule has 4 rings (SSSR count). The number of sulfonamides is 1. The van der Waals surface area contributed by atoms with E-state index >= 15 is 0 Å². The van der Waals surface area contributed by atoms with Gasteiger partial charge >= 0.3 is 10.2 Å². The van der Waals surface area contributed by atoms with Crippen LogP contribution in [0.2, 0.25) is 0 Å². The summed E-state index contributed by atoms with van der Waals surface area (Å²) in [6.07, 6.45) is 0.704. The van der Waals surface area contributed by atoms with Crippen LogP contribution in [-0.4, -0.2) is 34.4 Å². The van der Waals surface area contributed by atoms with Gasteiger partial charge in [-0.2, -0.15) is 8.42 Å². The number of nitrogens with zero attached hydrogens (tertiary/aromatic N) is 1. The number of fused-ring (bicyclic) bond motifs is 1. The van der Waals surface area contributed by atoms with E-state index in [1.54, 1.807) is 30.3 Å². The van der Waals surface area contributed by atoms with E-state index < -0.39 is 32.7 Å². The number of amides is 1. The van der Waals surface area contributed by atoms with Crippen LogP contribution in [0, 0.1) is 0 Å². The predicted molar refractivity (Wildman–Crippen MR) is 115 cm³/mol. The summed E-state index contributed by atoms with van der Waals surface area (Å²) in [4.78, 5) is 11.5. The van der Waals surface area contributed by atoms with Gasteiger partial charge in [0.2, 0.25) is 10.0 Å². The lowest BCUT2D eigenvalue weighted by atomic mass is 10.0. The molecule has 0 unspecified atom stereocenters. The van der Waals surface area contributed by atoms with Gasteiger partial charge in [-0.3, -0.25) is 4.79 Å². The molecule has 1 heterocycles. The predicted octanol–water partition coefficient (Wildman–Crippen LogP) is 1.16. The van der Waals surface area contributed by atoms with Crippen molar-refractivity contribution in [3.8, 4) is 5.75 Å². The number of anilines is 1. The van der Waals surface area contributed by atoms with Gasteiger partial charge in [-0.1, -0.05) is 42.5 Å². The molecule has 0 aromatic heterocycles. The van der Waals surface area contributed by atoms with Crippen molar-refractivity contribution < 1.29 is 26.7 Å². The molecule has 1 amide bonds. The third-order valence-corrected chi connectivity index (χ3v) is 7.50. The van der Waals surface area contributed by atoms with Crippen molar-refractivity contribution in [2.45, 2.75) is 17.7 Å². The first kappa shape index (κ1) is 21.1. The highest BCUT2D eigenvalue weighted by Gasteiger charge is 2.35. The normalized spacial score (nSPS) is 15.9. The minimum Gasteiger partial charge on any atom is -0.506 e. The van der Waals surface area contributed by atoms with Gasteiger partial charge in [0.05, 0.1) is 10.6 Å². The zero-order valence-electron chi connectivity index (χ0n) is 16.1. The number of nitrogens with two attached hydrogens (primary N) is 1. The van der Waals surface area contributed by atoms with E-state index in [4.69, 9.17) is 5.14 Å². The van der Waals surface area contributed by atoms with Crippen LogP contribution >= 0.6 is 0 Å². The number of carbonyl (C=O) groups excluding carboxylic acids is 1. The lowest BCUT2D eigenvalue weighted by Gasteiger charge is -2.17. The maximum Gasteiger partial charge on any atom is 0.326 e. The summed E-state index contributed by atoms with van der Waals surface area (Å²) in [7, 11) is -8.00. The van der Waals surface area contributed by atoms with Crippen molar-refractivity contribution >= 4 is 42.6 Å². The maximum absolute atomic E-state index is 12.3. The highest BCUT2D eigenvalue weighted by atomic mass is 32.2. The Morgan fingerprint density at radius 3 is 2.45 bits per heavy atom. The fourth-order valence-corrected chi connectivity index (χ4v) is 5.89. The molecule has 1 saturated heterocycles. The van der Waals surface area contributed by atoms with Crippen molar-refractivity contribution in [1.82, 2.24) is 4.72 Å². The first-order valence-electron chi connectivity index (χ1n) is 9.25. The van der Waals surface area contributed by atoms with E-state index in [1.807, 2.05) is 16.9 Å². The van der Waals surface area contributed by atoms with Crippen molar-refractivity contribution in [2.75, 3.05) is 10.8 Å². The van der Waals surface area contributed by atoms with E-state index in [0.717, 1.165) is 9.69 Å². The highest BCUT2D eigenvalue weighted by molar-refractivity contribution is 7.92. The topological polar surface area (TPSA) is 147 Å². The molecule has 162 valence electrons. The van der Waals surface area contributed by atoms with Crippen LogP contribution in [0.5, 0.6) is 5.75 Å². The molecule has 0 atom stereocenters. The molecule has 4 N–H and O–H groups in total. The van der Waals surface area contributed by atoms with Crippen LogP contribution < -0.4 is 14.2 Å². The number of phenolic OH excluding ortho intramolecular Hbond substituents is 1. The number of aromatic hydroxyl groups is 1.